The standard InChI is InChI=1S/C14H19BrClNO/c1-2-18-13-4-3-7-17(10-13)12-6-5-11(9-15)14(16)8-12/h5-6,8,13H,2-4,7,9-10H2,1H3. The van der Waals surface area contributed by atoms with E-state index in [1.165, 1.54) is 12.1 Å². The van der Waals surface area contributed by atoms with Gasteiger partial charge in [-0.05, 0) is 37.5 Å². The van der Waals surface area contributed by atoms with Crippen LogP contribution >= 0.6 is 27.5 Å². The van der Waals surface area contributed by atoms with Gasteiger partial charge in [-0.25, -0.2) is 0 Å². The summed E-state index contributed by atoms with van der Waals surface area (Å²) in [7, 11) is 0. The molecule has 1 aliphatic heterocycles. The molecule has 0 bridgehead atoms. The number of alkyl halides is 1. The Labute approximate surface area is 122 Å². The fourth-order valence-electron chi connectivity index (χ4n) is 2.39. The van der Waals surface area contributed by atoms with E-state index in [0.717, 1.165) is 42.0 Å². The van der Waals surface area contributed by atoms with Gasteiger partial charge in [-0.2, -0.15) is 0 Å². The average molecular weight is 333 g/mol. The van der Waals surface area contributed by atoms with Gasteiger partial charge in [0, 0.05) is 35.7 Å². The quantitative estimate of drug-likeness (QED) is 0.765. The van der Waals surface area contributed by atoms with Gasteiger partial charge in [0.15, 0.2) is 0 Å². The van der Waals surface area contributed by atoms with Gasteiger partial charge >= 0.3 is 0 Å². The Balaban J connectivity index is 2.08. The lowest BCUT2D eigenvalue weighted by atomic mass is 10.1. The monoisotopic (exact) mass is 331 g/mol. The molecular formula is C14H19BrClNO. The van der Waals surface area contributed by atoms with Gasteiger partial charge in [-0.15, -0.1) is 0 Å². The fraction of sp³-hybridized carbons (Fsp3) is 0.571. The zero-order valence-electron chi connectivity index (χ0n) is 10.7. The minimum absolute atomic E-state index is 0.360. The normalized spacial score (nSPS) is 20.2. The molecule has 1 aromatic carbocycles. The smallest absolute Gasteiger partial charge is 0.0750 e. The van der Waals surface area contributed by atoms with Crippen molar-refractivity contribution in [2.45, 2.75) is 31.2 Å². The molecule has 1 fully saturated rings. The van der Waals surface area contributed by atoms with E-state index in [1.807, 2.05) is 0 Å². The molecular weight excluding hydrogens is 314 g/mol. The van der Waals surface area contributed by atoms with Crippen LogP contribution < -0.4 is 4.90 Å². The van der Waals surface area contributed by atoms with Crippen LogP contribution in [-0.4, -0.2) is 25.8 Å². The molecule has 1 atom stereocenters. The summed E-state index contributed by atoms with van der Waals surface area (Å²) in [5, 5.41) is 1.64. The third-order valence-electron chi connectivity index (χ3n) is 3.33. The summed E-state index contributed by atoms with van der Waals surface area (Å²) in [4.78, 5) is 2.37. The van der Waals surface area contributed by atoms with Crippen LogP contribution in [0.1, 0.15) is 25.3 Å². The lowest BCUT2D eigenvalue weighted by Crippen LogP contribution is -2.39. The predicted octanol–water partition coefficient (Wildman–Crippen LogP) is 4.24. The summed E-state index contributed by atoms with van der Waals surface area (Å²) in [6.07, 6.45) is 2.71. The van der Waals surface area contributed by atoms with Gasteiger partial charge < -0.3 is 9.64 Å². The Kier molecular flexibility index (Phi) is 5.34. The Morgan fingerprint density at radius 2 is 2.33 bits per heavy atom. The Bertz CT molecular complexity index is 397. The SMILES string of the molecule is CCOC1CCCN(c2ccc(CBr)c(Cl)c2)C1. The summed E-state index contributed by atoms with van der Waals surface area (Å²) >= 11 is 9.70. The third kappa shape index (κ3) is 3.40. The molecule has 0 radical (unpaired) electrons. The molecule has 1 unspecified atom stereocenters. The Hall–Kier alpha value is -0.250. The van der Waals surface area contributed by atoms with Crippen molar-refractivity contribution in [2.75, 3.05) is 24.6 Å². The van der Waals surface area contributed by atoms with Crippen LogP contribution in [0.25, 0.3) is 0 Å². The van der Waals surface area contributed by atoms with Gasteiger partial charge in [0.25, 0.3) is 0 Å². The van der Waals surface area contributed by atoms with Crippen molar-refractivity contribution in [3.05, 3.63) is 28.8 Å². The maximum Gasteiger partial charge on any atom is 0.0750 e. The Morgan fingerprint density at radius 3 is 3.00 bits per heavy atom. The van der Waals surface area contributed by atoms with E-state index in [9.17, 15) is 0 Å². The first kappa shape index (κ1) is 14.2. The van der Waals surface area contributed by atoms with E-state index in [4.69, 9.17) is 16.3 Å². The molecule has 0 spiro atoms. The largest absolute Gasteiger partial charge is 0.377 e. The van der Waals surface area contributed by atoms with Crippen molar-refractivity contribution < 1.29 is 4.74 Å². The molecule has 4 heteroatoms. The van der Waals surface area contributed by atoms with Crippen molar-refractivity contribution in [1.29, 1.82) is 0 Å². The van der Waals surface area contributed by atoms with Crippen molar-refractivity contribution in [3.8, 4) is 0 Å². The molecule has 0 aromatic heterocycles. The number of nitrogens with zero attached hydrogens (tertiary/aromatic N) is 1. The van der Waals surface area contributed by atoms with Crippen LogP contribution in [0.5, 0.6) is 0 Å². The first-order chi connectivity index (χ1) is 8.74. The highest BCUT2D eigenvalue weighted by molar-refractivity contribution is 9.08. The van der Waals surface area contributed by atoms with E-state index < -0.39 is 0 Å². The molecule has 1 aliphatic rings. The van der Waals surface area contributed by atoms with Gasteiger partial charge in [-0.3, -0.25) is 0 Å². The molecule has 2 rings (SSSR count). The van der Waals surface area contributed by atoms with Crippen LogP contribution in [0.4, 0.5) is 5.69 Å². The molecule has 0 amide bonds. The molecule has 2 nitrogen and oxygen atoms in total. The maximum absolute atomic E-state index is 6.26. The van der Waals surface area contributed by atoms with E-state index >= 15 is 0 Å². The number of anilines is 1. The number of ether oxygens (including phenoxy) is 1. The molecule has 18 heavy (non-hydrogen) atoms. The molecule has 1 heterocycles. The number of rotatable bonds is 4. The van der Waals surface area contributed by atoms with Gasteiger partial charge in [0.1, 0.15) is 0 Å². The predicted molar refractivity (Wildman–Crippen MR) is 80.9 cm³/mol. The number of benzene rings is 1. The summed E-state index contributed by atoms with van der Waals surface area (Å²) < 4.78 is 5.73. The number of hydrogen-bond acceptors (Lipinski definition) is 2. The zero-order valence-corrected chi connectivity index (χ0v) is 13.0. The minimum atomic E-state index is 0.360. The van der Waals surface area contributed by atoms with Crippen molar-refractivity contribution in [3.63, 3.8) is 0 Å². The van der Waals surface area contributed by atoms with E-state index in [-0.39, 0.29) is 0 Å². The second kappa shape index (κ2) is 6.78. The number of halogens is 2. The summed E-state index contributed by atoms with van der Waals surface area (Å²) in [6, 6.07) is 6.31. The van der Waals surface area contributed by atoms with Crippen LogP contribution in [0.3, 0.4) is 0 Å². The summed E-state index contributed by atoms with van der Waals surface area (Å²) in [6.45, 7) is 4.91. The molecule has 0 aliphatic carbocycles. The van der Waals surface area contributed by atoms with Crippen molar-refractivity contribution >= 4 is 33.2 Å². The first-order valence-electron chi connectivity index (χ1n) is 6.45. The van der Waals surface area contributed by atoms with Gasteiger partial charge in [0.05, 0.1) is 6.10 Å². The van der Waals surface area contributed by atoms with Crippen LogP contribution in [-0.2, 0) is 10.1 Å². The lowest BCUT2D eigenvalue weighted by molar-refractivity contribution is 0.0527. The molecule has 1 saturated heterocycles. The fourth-order valence-corrected chi connectivity index (χ4v) is 3.28. The van der Waals surface area contributed by atoms with Gasteiger partial charge in [0.2, 0.25) is 0 Å². The van der Waals surface area contributed by atoms with Gasteiger partial charge in [-0.1, -0.05) is 33.6 Å². The third-order valence-corrected chi connectivity index (χ3v) is 4.28. The maximum atomic E-state index is 6.26. The van der Waals surface area contributed by atoms with Crippen LogP contribution in [0, 0.1) is 0 Å². The summed E-state index contributed by atoms with van der Waals surface area (Å²) in [5.74, 6) is 0. The van der Waals surface area contributed by atoms with Crippen molar-refractivity contribution in [2.24, 2.45) is 0 Å². The van der Waals surface area contributed by atoms with E-state index in [2.05, 4.69) is 46.0 Å². The van der Waals surface area contributed by atoms with Crippen molar-refractivity contribution in [1.82, 2.24) is 0 Å². The molecule has 1 aromatic rings. The second-order valence-electron chi connectivity index (χ2n) is 4.57. The number of hydrogen-bond donors (Lipinski definition) is 0. The second-order valence-corrected chi connectivity index (χ2v) is 5.54. The van der Waals surface area contributed by atoms with Crippen LogP contribution in [0.15, 0.2) is 18.2 Å². The highest BCUT2D eigenvalue weighted by Gasteiger charge is 2.20. The lowest BCUT2D eigenvalue weighted by Gasteiger charge is -2.34. The summed E-state index contributed by atoms with van der Waals surface area (Å²) in [5.41, 5.74) is 2.34. The van der Waals surface area contributed by atoms with E-state index in [0.29, 0.717) is 6.10 Å². The average Bonchev–Trinajstić information content (AvgIpc) is 2.39. The molecule has 0 saturated carbocycles. The topological polar surface area (TPSA) is 12.5 Å². The molecule has 100 valence electrons. The minimum Gasteiger partial charge on any atom is -0.377 e. The van der Waals surface area contributed by atoms with Crippen LogP contribution in [0.2, 0.25) is 5.02 Å². The zero-order chi connectivity index (χ0) is 13.0. The first-order valence-corrected chi connectivity index (χ1v) is 7.95. The van der Waals surface area contributed by atoms with E-state index in [1.54, 1.807) is 0 Å². The number of piperidine rings is 1. The molecule has 0 N–H and O–H groups in total. The highest BCUT2D eigenvalue weighted by Crippen LogP contribution is 2.27. The Morgan fingerprint density at radius 1 is 1.50 bits per heavy atom. The highest BCUT2D eigenvalue weighted by atomic mass is 79.9.